The van der Waals surface area contributed by atoms with Crippen LogP contribution < -0.4 is 4.74 Å². The number of rotatable bonds is 6. The standard InChI is InChI=1S/C18H16Cl2FN3O6S/c19-14-10-13(2-3-16(14)21)31(28,29)23-7-5-22(6-8-23)18(25)11-30-17-4-1-12(24(26)27)9-15(17)20/h1-4,9-10H,5-8,11H2. The van der Waals surface area contributed by atoms with Crippen LogP contribution in [-0.4, -0.2) is 61.2 Å². The number of amides is 1. The average molecular weight is 492 g/mol. The molecule has 1 aliphatic rings. The highest BCUT2D eigenvalue weighted by Gasteiger charge is 2.30. The third kappa shape index (κ3) is 5.24. The normalized spacial score (nSPS) is 15.0. The highest BCUT2D eigenvalue weighted by Crippen LogP contribution is 2.29. The molecular formula is C18H16Cl2FN3O6S. The molecule has 1 saturated heterocycles. The third-order valence-corrected chi connectivity index (χ3v) is 7.08. The zero-order valence-electron chi connectivity index (χ0n) is 15.8. The maximum atomic E-state index is 13.3. The predicted molar refractivity (Wildman–Crippen MR) is 110 cm³/mol. The van der Waals surface area contributed by atoms with Gasteiger partial charge in [-0.05, 0) is 24.3 Å². The molecule has 0 saturated carbocycles. The van der Waals surface area contributed by atoms with E-state index in [0.29, 0.717) is 0 Å². The van der Waals surface area contributed by atoms with Gasteiger partial charge in [-0.1, -0.05) is 23.2 Å². The summed E-state index contributed by atoms with van der Waals surface area (Å²) in [5.41, 5.74) is -0.205. The van der Waals surface area contributed by atoms with Crippen LogP contribution in [0.15, 0.2) is 41.3 Å². The van der Waals surface area contributed by atoms with E-state index in [1.807, 2.05) is 0 Å². The maximum Gasteiger partial charge on any atom is 0.271 e. The number of halogens is 3. The van der Waals surface area contributed by atoms with Crippen molar-refractivity contribution in [2.75, 3.05) is 32.8 Å². The number of hydrogen-bond acceptors (Lipinski definition) is 6. The van der Waals surface area contributed by atoms with Crippen molar-refractivity contribution in [3.05, 3.63) is 62.4 Å². The maximum absolute atomic E-state index is 13.3. The lowest BCUT2D eigenvalue weighted by Gasteiger charge is -2.34. The number of carbonyl (C=O) groups excluding carboxylic acids is 1. The number of sulfonamides is 1. The van der Waals surface area contributed by atoms with Crippen LogP contribution in [0, 0.1) is 15.9 Å². The van der Waals surface area contributed by atoms with Crippen molar-refractivity contribution in [1.82, 2.24) is 9.21 Å². The minimum absolute atomic E-state index is 0.00382. The number of hydrogen-bond donors (Lipinski definition) is 0. The Labute approximate surface area is 187 Å². The summed E-state index contributed by atoms with van der Waals surface area (Å²) in [6, 6.07) is 6.78. The van der Waals surface area contributed by atoms with E-state index in [1.54, 1.807) is 0 Å². The molecule has 1 fully saturated rings. The van der Waals surface area contributed by atoms with Crippen LogP contribution in [0.25, 0.3) is 0 Å². The summed E-state index contributed by atoms with van der Waals surface area (Å²) >= 11 is 11.6. The molecule has 0 aliphatic carbocycles. The molecule has 1 amide bonds. The Hall–Kier alpha value is -2.47. The Kier molecular flexibility index (Phi) is 6.99. The smallest absolute Gasteiger partial charge is 0.271 e. The minimum Gasteiger partial charge on any atom is -0.482 e. The second-order valence-electron chi connectivity index (χ2n) is 6.52. The number of nitro groups is 1. The van der Waals surface area contributed by atoms with Crippen molar-refractivity contribution in [3.63, 3.8) is 0 Å². The number of benzene rings is 2. The summed E-state index contributed by atoms with van der Waals surface area (Å²) in [6.45, 7) is -0.0186. The molecule has 0 unspecified atom stereocenters. The van der Waals surface area contributed by atoms with E-state index >= 15 is 0 Å². The SMILES string of the molecule is O=C(COc1ccc([N+](=O)[O-])cc1Cl)N1CCN(S(=O)(=O)c2ccc(F)c(Cl)c2)CC1. The number of carbonyl (C=O) groups is 1. The molecule has 2 aromatic rings. The molecule has 31 heavy (non-hydrogen) atoms. The molecule has 166 valence electrons. The molecule has 0 N–H and O–H groups in total. The summed E-state index contributed by atoms with van der Waals surface area (Å²) in [7, 11) is -3.88. The van der Waals surface area contributed by atoms with Crippen LogP contribution >= 0.6 is 23.2 Å². The van der Waals surface area contributed by atoms with E-state index in [9.17, 15) is 27.7 Å². The van der Waals surface area contributed by atoms with Crippen molar-refractivity contribution >= 4 is 44.8 Å². The molecule has 13 heteroatoms. The van der Waals surface area contributed by atoms with Crippen LogP contribution in [-0.2, 0) is 14.8 Å². The van der Waals surface area contributed by atoms with Gasteiger partial charge < -0.3 is 9.64 Å². The highest BCUT2D eigenvalue weighted by atomic mass is 35.5. The molecule has 0 aromatic heterocycles. The first-order valence-electron chi connectivity index (χ1n) is 8.89. The van der Waals surface area contributed by atoms with Gasteiger partial charge in [0.25, 0.3) is 11.6 Å². The van der Waals surface area contributed by atoms with Gasteiger partial charge in [-0.2, -0.15) is 4.31 Å². The van der Waals surface area contributed by atoms with Crippen molar-refractivity contribution in [2.24, 2.45) is 0 Å². The van der Waals surface area contributed by atoms with Gasteiger partial charge in [0, 0.05) is 38.3 Å². The molecule has 0 bridgehead atoms. The second-order valence-corrected chi connectivity index (χ2v) is 9.27. The zero-order valence-corrected chi connectivity index (χ0v) is 18.2. The summed E-state index contributed by atoms with van der Waals surface area (Å²) in [5.74, 6) is -0.990. The summed E-state index contributed by atoms with van der Waals surface area (Å²) in [6.07, 6.45) is 0. The van der Waals surface area contributed by atoms with E-state index in [0.717, 1.165) is 24.3 Å². The summed E-state index contributed by atoms with van der Waals surface area (Å²) in [4.78, 5) is 23.8. The Morgan fingerprint density at radius 3 is 2.35 bits per heavy atom. The number of nitro benzene ring substituents is 1. The quantitative estimate of drug-likeness (QED) is 0.453. The van der Waals surface area contributed by atoms with Crippen molar-refractivity contribution in [2.45, 2.75) is 4.90 Å². The van der Waals surface area contributed by atoms with Crippen LogP contribution in [0.1, 0.15) is 0 Å². The molecule has 9 nitrogen and oxygen atoms in total. The van der Waals surface area contributed by atoms with Gasteiger partial charge in [0.15, 0.2) is 6.61 Å². The van der Waals surface area contributed by atoms with Crippen LogP contribution in [0.3, 0.4) is 0 Å². The van der Waals surface area contributed by atoms with Gasteiger partial charge in [0.2, 0.25) is 10.0 Å². The first-order chi connectivity index (χ1) is 14.6. The van der Waals surface area contributed by atoms with Gasteiger partial charge in [-0.3, -0.25) is 14.9 Å². The Bertz CT molecular complexity index is 1120. The summed E-state index contributed by atoms with van der Waals surface area (Å²) < 4.78 is 45.3. The number of ether oxygens (including phenoxy) is 1. The van der Waals surface area contributed by atoms with Gasteiger partial charge in [-0.25, -0.2) is 12.8 Å². The molecule has 0 atom stereocenters. The monoisotopic (exact) mass is 491 g/mol. The molecule has 1 aliphatic heterocycles. The predicted octanol–water partition coefficient (Wildman–Crippen LogP) is 2.95. The lowest BCUT2D eigenvalue weighted by Crippen LogP contribution is -2.51. The van der Waals surface area contributed by atoms with E-state index in [1.165, 1.54) is 21.3 Å². The van der Waals surface area contributed by atoms with E-state index in [2.05, 4.69) is 0 Å². The lowest BCUT2D eigenvalue weighted by molar-refractivity contribution is -0.384. The van der Waals surface area contributed by atoms with E-state index in [4.69, 9.17) is 27.9 Å². The molecule has 3 rings (SSSR count). The number of non-ortho nitro benzene ring substituents is 1. The fourth-order valence-electron chi connectivity index (χ4n) is 2.92. The molecule has 0 spiro atoms. The number of piperazine rings is 1. The molecule has 1 heterocycles. The largest absolute Gasteiger partial charge is 0.482 e. The molecule has 0 radical (unpaired) electrons. The van der Waals surface area contributed by atoms with Gasteiger partial charge in [0.1, 0.15) is 11.6 Å². The fraction of sp³-hybridized carbons (Fsp3) is 0.278. The topological polar surface area (TPSA) is 110 Å². The first kappa shape index (κ1) is 23.2. The Morgan fingerprint density at radius 1 is 1.10 bits per heavy atom. The van der Waals surface area contributed by atoms with Crippen molar-refractivity contribution in [3.8, 4) is 5.75 Å². The zero-order chi connectivity index (χ0) is 22.8. The van der Waals surface area contributed by atoms with Gasteiger partial charge in [0.05, 0.1) is 19.9 Å². The van der Waals surface area contributed by atoms with E-state index in [-0.39, 0.29) is 59.2 Å². The lowest BCUT2D eigenvalue weighted by atomic mass is 10.3. The minimum atomic E-state index is -3.88. The molecular weight excluding hydrogens is 476 g/mol. The van der Waals surface area contributed by atoms with Crippen LogP contribution in [0.5, 0.6) is 5.75 Å². The Morgan fingerprint density at radius 2 is 1.77 bits per heavy atom. The van der Waals surface area contributed by atoms with Gasteiger partial charge in [-0.15, -0.1) is 0 Å². The second kappa shape index (κ2) is 9.35. The van der Waals surface area contributed by atoms with Crippen LogP contribution in [0.4, 0.5) is 10.1 Å². The summed E-state index contributed by atoms with van der Waals surface area (Å²) in [5, 5.41) is 10.4. The highest BCUT2D eigenvalue weighted by molar-refractivity contribution is 7.89. The van der Waals surface area contributed by atoms with E-state index < -0.39 is 26.7 Å². The average Bonchev–Trinajstić information content (AvgIpc) is 2.74. The number of nitrogens with zero attached hydrogens (tertiary/aromatic N) is 3. The fourth-order valence-corrected chi connectivity index (χ4v) is 4.84. The Balaban J connectivity index is 1.57. The van der Waals surface area contributed by atoms with Crippen molar-refractivity contribution in [1.29, 1.82) is 0 Å². The molecule has 2 aromatic carbocycles. The van der Waals surface area contributed by atoms with Gasteiger partial charge >= 0.3 is 0 Å². The first-order valence-corrected chi connectivity index (χ1v) is 11.1. The van der Waals surface area contributed by atoms with Crippen LogP contribution in [0.2, 0.25) is 10.0 Å². The van der Waals surface area contributed by atoms with Crippen molar-refractivity contribution < 1.29 is 27.3 Å². The third-order valence-electron chi connectivity index (χ3n) is 4.60.